The Morgan fingerprint density at radius 2 is 1.71 bits per heavy atom. The second-order valence-electron chi connectivity index (χ2n) is 8.12. The van der Waals surface area contributed by atoms with Crippen LogP contribution in [0.1, 0.15) is 18.5 Å². The predicted molar refractivity (Wildman–Crippen MR) is 132 cm³/mol. The first kappa shape index (κ1) is 23.2. The molecule has 0 bridgehead atoms. The lowest BCUT2D eigenvalue weighted by atomic mass is 9.90. The van der Waals surface area contributed by atoms with Crippen LogP contribution in [0.2, 0.25) is 0 Å². The Morgan fingerprint density at radius 3 is 2.43 bits per heavy atom. The largest absolute Gasteiger partial charge is 0.503 e. The van der Waals surface area contributed by atoms with Gasteiger partial charge in [0.1, 0.15) is 11.7 Å². The number of phenols is 1. The lowest BCUT2D eigenvalue weighted by Crippen LogP contribution is -2.37. The molecule has 2 heterocycles. The second-order valence-corrected chi connectivity index (χ2v) is 8.98. The van der Waals surface area contributed by atoms with Gasteiger partial charge in [-0.25, -0.2) is 9.96 Å². The summed E-state index contributed by atoms with van der Waals surface area (Å²) >= 11 is 3.37. The third-order valence-corrected chi connectivity index (χ3v) is 6.75. The van der Waals surface area contributed by atoms with Crippen molar-refractivity contribution < 1.29 is 29.0 Å². The number of fused-ring (bicyclic) bond motifs is 1. The Hall–Kier alpha value is -3.56. The zero-order chi connectivity index (χ0) is 24.7. The zero-order valence-corrected chi connectivity index (χ0v) is 20.6. The summed E-state index contributed by atoms with van der Waals surface area (Å²) in [6.45, 7) is 2.23. The van der Waals surface area contributed by atoms with Gasteiger partial charge in [-0.15, -0.1) is 0 Å². The first-order valence-corrected chi connectivity index (χ1v) is 11.9. The number of hydrogen-bond donors (Lipinski definition) is 1. The van der Waals surface area contributed by atoms with Gasteiger partial charge in [-0.05, 0) is 64.8 Å². The van der Waals surface area contributed by atoms with Crippen molar-refractivity contribution in [3.05, 3.63) is 76.8 Å². The van der Waals surface area contributed by atoms with Crippen LogP contribution in [0.5, 0.6) is 17.2 Å². The lowest BCUT2D eigenvalue weighted by molar-refractivity contribution is -0.126. The normalized spacial score (nSPS) is 21.4. The van der Waals surface area contributed by atoms with E-state index in [4.69, 9.17) is 14.3 Å². The van der Waals surface area contributed by atoms with Crippen molar-refractivity contribution in [2.75, 3.05) is 23.7 Å². The second kappa shape index (κ2) is 9.24. The molecule has 5 rings (SSSR count). The summed E-state index contributed by atoms with van der Waals surface area (Å²) in [5.74, 6) is -1.06. The van der Waals surface area contributed by atoms with Crippen molar-refractivity contribution in [3.63, 3.8) is 0 Å². The number of hydroxylamine groups is 1. The van der Waals surface area contributed by atoms with Crippen LogP contribution in [0.25, 0.3) is 0 Å². The van der Waals surface area contributed by atoms with Crippen LogP contribution < -0.4 is 19.4 Å². The standard InChI is InChI=1S/C26H23BrN2O6/c1-3-34-19-12-8-7-11-18(19)28-25(31)21-22(15-13-17(27)23(30)20(14-15)33-2)29(35-24(21)26(28)32)16-9-5-4-6-10-16/h4-14,21-22,24,30H,3H2,1-2H3/t21-,22+,24-/m0/s1. The minimum absolute atomic E-state index is 0.0564. The molecule has 0 aliphatic carbocycles. The van der Waals surface area contributed by atoms with E-state index < -0.39 is 29.9 Å². The van der Waals surface area contributed by atoms with E-state index in [1.807, 2.05) is 37.3 Å². The highest BCUT2D eigenvalue weighted by atomic mass is 79.9. The topological polar surface area (TPSA) is 88.5 Å². The number of phenolic OH excluding ortho intramolecular Hbond substituents is 1. The number of carbonyl (C=O) groups excluding carboxylic acids is 2. The summed E-state index contributed by atoms with van der Waals surface area (Å²) in [4.78, 5) is 34.8. The zero-order valence-electron chi connectivity index (χ0n) is 19.1. The van der Waals surface area contributed by atoms with E-state index in [1.54, 1.807) is 41.5 Å². The predicted octanol–water partition coefficient (Wildman–Crippen LogP) is 4.61. The van der Waals surface area contributed by atoms with Gasteiger partial charge in [0.05, 0.1) is 35.6 Å². The van der Waals surface area contributed by atoms with Gasteiger partial charge in [0.2, 0.25) is 5.91 Å². The molecule has 3 aromatic rings. The molecule has 35 heavy (non-hydrogen) atoms. The summed E-state index contributed by atoms with van der Waals surface area (Å²) in [6, 6.07) is 18.9. The van der Waals surface area contributed by atoms with E-state index >= 15 is 0 Å². The van der Waals surface area contributed by atoms with Crippen LogP contribution in [0.3, 0.4) is 0 Å². The third kappa shape index (κ3) is 3.81. The number of rotatable bonds is 6. The average Bonchev–Trinajstić information content (AvgIpc) is 3.38. The number of nitrogens with zero attached hydrogens (tertiary/aromatic N) is 2. The summed E-state index contributed by atoms with van der Waals surface area (Å²) in [7, 11) is 1.45. The van der Waals surface area contributed by atoms with E-state index in [-0.39, 0.29) is 11.5 Å². The number of carbonyl (C=O) groups is 2. The van der Waals surface area contributed by atoms with Gasteiger partial charge in [0.25, 0.3) is 5.91 Å². The number of para-hydroxylation sites is 3. The molecule has 180 valence electrons. The number of hydrogen-bond acceptors (Lipinski definition) is 7. The molecular formula is C26H23BrN2O6. The van der Waals surface area contributed by atoms with E-state index in [2.05, 4.69) is 15.9 Å². The van der Waals surface area contributed by atoms with Gasteiger partial charge < -0.3 is 14.6 Å². The van der Waals surface area contributed by atoms with E-state index in [0.29, 0.717) is 33.8 Å². The Bertz CT molecular complexity index is 1280. The molecule has 3 atom stereocenters. The fourth-order valence-corrected chi connectivity index (χ4v) is 5.09. The van der Waals surface area contributed by atoms with Crippen LogP contribution in [-0.4, -0.2) is 36.7 Å². The highest BCUT2D eigenvalue weighted by molar-refractivity contribution is 9.10. The summed E-state index contributed by atoms with van der Waals surface area (Å²) in [5, 5.41) is 11.9. The summed E-state index contributed by atoms with van der Waals surface area (Å²) in [6.07, 6.45) is -1.03. The number of methoxy groups -OCH3 is 1. The summed E-state index contributed by atoms with van der Waals surface area (Å²) in [5.41, 5.74) is 1.72. The lowest BCUT2D eigenvalue weighted by Gasteiger charge is -2.29. The smallest absolute Gasteiger partial charge is 0.266 e. The highest BCUT2D eigenvalue weighted by Crippen LogP contribution is 2.50. The van der Waals surface area contributed by atoms with Crippen molar-refractivity contribution in [1.29, 1.82) is 0 Å². The van der Waals surface area contributed by atoms with Crippen molar-refractivity contribution >= 4 is 39.1 Å². The number of anilines is 2. The first-order valence-electron chi connectivity index (χ1n) is 11.1. The van der Waals surface area contributed by atoms with Gasteiger partial charge in [-0.1, -0.05) is 30.3 Å². The number of amides is 2. The SMILES string of the molecule is CCOc1ccccc1N1C(=O)[C@@H]2[C@H](ON(c3ccccc3)[C@@H]2c2cc(Br)c(O)c(OC)c2)C1=O. The number of halogens is 1. The van der Waals surface area contributed by atoms with Gasteiger partial charge in [-0.2, -0.15) is 0 Å². The van der Waals surface area contributed by atoms with E-state index in [0.717, 1.165) is 4.90 Å². The fourth-order valence-electron chi connectivity index (χ4n) is 4.63. The molecule has 0 spiro atoms. The van der Waals surface area contributed by atoms with Crippen LogP contribution in [0.15, 0.2) is 71.2 Å². The average molecular weight is 539 g/mol. The minimum Gasteiger partial charge on any atom is -0.503 e. The maximum Gasteiger partial charge on any atom is 0.266 e. The molecule has 3 aromatic carbocycles. The molecule has 2 aliphatic heterocycles. The Kier molecular flexibility index (Phi) is 6.12. The molecule has 0 saturated carbocycles. The van der Waals surface area contributed by atoms with Gasteiger partial charge >= 0.3 is 0 Å². The maximum atomic E-state index is 13.9. The van der Waals surface area contributed by atoms with Crippen LogP contribution in [0, 0.1) is 5.92 Å². The Labute approximate surface area is 210 Å². The number of ether oxygens (including phenoxy) is 2. The molecule has 2 saturated heterocycles. The Morgan fingerprint density at radius 1 is 1.00 bits per heavy atom. The molecule has 0 aromatic heterocycles. The molecule has 9 heteroatoms. The fraction of sp³-hybridized carbons (Fsp3) is 0.231. The Balaban J connectivity index is 1.62. The molecular weight excluding hydrogens is 516 g/mol. The van der Waals surface area contributed by atoms with Gasteiger partial charge in [0.15, 0.2) is 17.6 Å². The number of benzene rings is 3. The van der Waals surface area contributed by atoms with Crippen molar-refractivity contribution in [1.82, 2.24) is 0 Å². The van der Waals surface area contributed by atoms with Crippen molar-refractivity contribution in [3.8, 4) is 17.2 Å². The molecule has 2 amide bonds. The van der Waals surface area contributed by atoms with Gasteiger partial charge in [-0.3, -0.25) is 14.4 Å². The summed E-state index contributed by atoms with van der Waals surface area (Å²) < 4.78 is 11.4. The molecule has 2 fully saturated rings. The molecule has 0 radical (unpaired) electrons. The van der Waals surface area contributed by atoms with Crippen molar-refractivity contribution in [2.45, 2.75) is 19.1 Å². The maximum absolute atomic E-state index is 13.9. The molecule has 8 nitrogen and oxygen atoms in total. The quantitative estimate of drug-likeness (QED) is 0.458. The third-order valence-electron chi connectivity index (χ3n) is 6.14. The monoisotopic (exact) mass is 538 g/mol. The van der Waals surface area contributed by atoms with Crippen molar-refractivity contribution in [2.24, 2.45) is 5.92 Å². The number of aromatic hydroxyl groups is 1. The van der Waals surface area contributed by atoms with Crippen LogP contribution in [0.4, 0.5) is 11.4 Å². The van der Waals surface area contributed by atoms with Gasteiger partial charge in [0, 0.05) is 0 Å². The van der Waals surface area contributed by atoms with Crippen LogP contribution >= 0.6 is 15.9 Å². The van der Waals surface area contributed by atoms with Crippen LogP contribution in [-0.2, 0) is 14.4 Å². The minimum atomic E-state index is -1.03. The highest BCUT2D eigenvalue weighted by Gasteiger charge is 2.60. The van der Waals surface area contributed by atoms with E-state index in [1.165, 1.54) is 7.11 Å². The van der Waals surface area contributed by atoms with E-state index in [9.17, 15) is 14.7 Å². The molecule has 0 unspecified atom stereocenters. The molecule has 1 N–H and O–H groups in total. The first-order chi connectivity index (χ1) is 17.0. The number of imide groups is 1. The molecule has 2 aliphatic rings.